The minimum Gasteiger partial charge on any atom is -0.279 e. The van der Waals surface area contributed by atoms with Gasteiger partial charge in [-0.25, -0.2) is 8.42 Å². The van der Waals surface area contributed by atoms with Gasteiger partial charge < -0.3 is 0 Å². The van der Waals surface area contributed by atoms with Gasteiger partial charge in [-0.05, 0) is 36.2 Å². The molecule has 0 aliphatic carbocycles. The molecule has 0 atom stereocenters. The van der Waals surface area contributed by atoms with E-state index in [-0.39, 0.29) is 10.6 Å². The lowest BCUT2D eigenvalue weighted by Gasteiger charge is -2.09. The fourth-order valence-corrected chi connectivity index (χ4v) is 3.10. The highest BCUT2D eigenvalue weighted by atomic mass is 32.2. The zero-order valence-corrected chi connectivity index (χ0v) is 13.1. The molecule has 0 aliphatic heterocycles. The van der Waals surface area contributed by atoms with Crippen LogP contribution in [0.15, 0.2) is 47.4 Å². The third kappa shape index (κ3) is 4.04. The van der Waals surface area contributed by atoms with Crippen LogP contribution in [0.2, 0.25) is 0 Å². The molecule has 2 aromatic rings. The van der Waals surface area contributed by atoms with E-state index in [9.17, 15) is 22.9 Å². The SMILES string of the molecule is CCCc1ccc(S(=O)(=O)Nc2ccc(F)c([N+](=O)[O-])c2)cc1. The average Bonchev–Trinajstić information content (AvgIpc) is 2.49. The Morgan fingerprint density at radius 1 is 1.17 bits per heavy atom. The first-order chi connectivity index (χ1) is 10.8. The molecule has 1 N–H and O–H groups in total. The van der Waals surface area contributed by atoms with Gasteiger partial charge in [-0.3, -0.25) is 14.8 Å². The number of nitrogens with one attached hydrogen (secondary N) is 1. The van der Waals surface area contributed by atoms with E-state index >= 15 is 0 Å². The lowest BCUT2D eigenvalue weighted by Crippen LogP contribution is -2.13. The first-order valence-electron chi connectivity index (χ1n) is 6.89. The van der Waals surface area contributed by atoms with Crippen molar-refractivity contribution in [2.45, 2.75) is 24.7 Å². The molecule has 0 heterocycles. The van der Waals surface area contributed by atoms with Gasteiger partial charge in [0.05, 0.1) is 15.5 Å². The van der Waals surface area contributed by atoms with Crippen molar-refractivity contribution in [1.29, 1.82) is 0 Å². The second-order valence-corrected chi connectivity index (χ2v) is 6.61. The van der Waals surface area contributed by atoms with Crippen molar-refractivity contribution >= 4 is 21.4 Å². The zero-order chi connectivity index (χ0) is 17.0. The van der Waals surface area contributed by atoms with Gasteiger partial charge in [0.2, 0.25) is 5.82 Å². The summed E-state index contributed by atoms with van der Waals surface area (Å²) in [5, 5.41) is 10.7. The van der Waals surface area contributed by atoms with Gasteiger partial charge in [0.25, 0.3) is 10.0 Å². The first kappa shape index (κ1) is 16.9. The Labute approximate surface area is 133 Å². The highest BCUT2D eigenvalue weighted by Crippen LogP contribution is 2.24. The van der Waals surface area contributed by atoms with Gasteiger partial charge in [0.15, 0.2) is 0 Å². The van der Waals surface area contributed by atoms with Crippen molar-refractivity contribution in [3.05, 3.63) is 64.0 Å². The number of sulfonamides is 1. The zero-order valence-electron chi connectivity index (χ0n) is 12.3. The highest BCUT2D eigenvalue weighted by Gasteiger charge is 2.18. The van der Waals surface area contributed by atoms with Crippen LogP contribution in [-0.2, 0) is 16.4 Å². The Morgan fingerprint density at radius 2 is 1.83 bits per heavy atom. The van der Waals surface area contributed by atoms with Gasteiger partial charge in [0, 0.05) is 6.07 Å². The second-order valence-electron chi connectivity index (χ2n) is 4.92. The Hall–Kier alpha value is -2.48. The molecule has 0 radical (unpaired) electrons. The number of aryl methyl sites for hydroxylation is 1. The fraction of sp³-hybridized carbons (Fsp3) is 0.200. The Kier molecular flexibility index (Phi) is 4.95. The van der Waals surface area contributed by atoms with Crippen LogP contribution in [0.1, 0.15) is 18.9 Å². The van der Waals surface area contributed by atoms with Gasteiger partial charge in [0.1, 0.15) is 0 Å². The van der Waals surface area contributed by atoms with Gasteiger partial charge in [-0.1, -0.05) is 25.5 Å². The summed E-state index contributed by atoms with van der Waals surface area (Å²) in [5.74, 6) is -1.03. The summed E-state index contributed by atoms with van der Waals surface area (Å²) in [6, 6.07) is 9.18. The van der Waals surface area contributed by atoms with Crippen LogP contribution in [0.4, 0.5) is 15.8 Å². The Bertz CT molecular complexity index is 820. The molecule has 0 unspecified atom stereocenters. The van der Waals surface area contributed by atoms with Crippen LogP contribution in [-0.4, -0.2) is 13.3 Å². The maximum absolute atomic E-state index is 13.3. The number of benzene rings is 2. The summed E-state index contributed by atoms with van der Waals surface area (Å²) in [6.07, 6.45) is 1.79. The Balaban J connectivity index is 2.27. The molecule has 0 aliphatic rings. The summed E-state index contributed by atoms with van der Waals surface area (Å²) in [4.78, 5) is 9.82. The molecule has 0 saturated heterocycles. The molecule has 8 heteroatoms. The van der Waals surface area contributed by atoms with E-state index in [2.05, 4.69) is 4.72 Å². The van der Waals surface area contributed by atoms with E-state index < -0.39 is 26.5 Å². The van der Waals surface area contributed by atoms with Crippen molar-refractivity contribution in [1.82, 2.24) is 0 Å². The van der Waals surface area contributed by atoms with Crippen molar-refractivity contribution in [3.63, 3.8) is 0 Å². The minimum atomic E-state index is -3.90. The van der Waals surface area contributed by atoms with E-state index in [1.165, 1.54) is 12.1 Å². The largest absolute Gasteiger partial charge is 0.306 e. The molecule has 6 nitrogen and oxygen atoms in total. The maximum atomic E-state index is 13.3. The number of nitro benzene ring substituents is 1. The van der Waals surface area contributed by atoms with Crippen molar-refractivity contribution in [2.75, 3.05) is 4.72 Å². The average molecular weight is 338 g/mol. The van der Waals surface area contributed by atoms with Crippen molar-refractivity contribution in [3.8, 4) is 0 Å². The fourth-order valence-electron chi connectivity index (χ4n) is 2.05. The molecule has 0 amide bonds. The molecular formula is C15H15FN2O4S. The molecule has 122 valence electrons. The predicted molar refractivity (Wildman–Crippen MR) is 84.3 cm³/mol. The summed E-state index contributed by atoms with van der Waals surface area (Å²) in [6.45, 7) is 2.02. The van der Waals surface area contributed by atoms with Crippen LogP contribution in [0.3, 0.4) is 0 Å². The third-order valence-corrected chi connectivity index (χ3v) is 4.56. The maximum Gasteiger partial charge on any atom is 0.306 e. The summed E-state index contributed by atoms with van der Waals surface area (Å²) < 4.78 is 40.0. The number of rotatable bonds is 6. The van der Waals surface area contributed by atoms with Gasteiger partial charge in [-0.2, -0.15) is 4.39 Å². The first-order valence-corrected chi connectivity index (χ1v) is 8.37. The summed E-state index contributed by atoms with van der Waals surface area (Å²) in [7, 11) is -3.90. The van der Waals surface area contributed by atoms with E-state index in [4.69, 9.17) is 0 Å². The molecule has 2 aromatic carbocycles. The monoisotopic (exact) mass is 338 g/mol. The summed E-state index contributed by atoms with van der Waals surface area (Å²) >= 11 is 0. The number of halogens is 1. The molecule has 0 bridgehead atoms. The smallest absolute Gasteiger partial charge is 0.279 e. The van der Waals surface area contributed by atoms with Gasteiger partial charge >= 0.3 is 5.69 Å². The van der Waals surface area contributed by atoms with E-state index in [1.54, 1.807) is 12.1 Å². The molecule has 23 heavy (non-hydrogen) atoms. The van der Waals surface area contributed by atoms with E-state index in [0.717, 1.165) is 36.6 Å². The second kappa shape index (κ2) is 6.74. The van der Waals surface area contributed by atoms with E-state index in [1.807, 2.05) is 6.92 Å². The molecular weight excluding hydrogens is 323 g/mol. The number of hydrogen-bond acceptors (Lipinski definition) is 4. The number of nitrogens with zero attached hydrogens (tertiary/aromatic N) is 1. The quantitative estimate of drug-likeness (QED) is 0.645. The van der Waals surface area contributed by atoms with Crippen LogP contribution in [0, 0.1) is 15.9 Å². The third-order valence-electron chi connectivity index (χ3n) is 3.17. The lowest BCUT2D eigenvalue weighted by atomic mass is 10.1. The molecule has 0 aromatic heterocycles. The molecule has 0 saturated carbocycles. The van der Waals surface area contributed by atoms with Crippen LogP contribution < -0.4 is 4.72 Å². The van der Waals surface area contributed by atoms with Crippen molar-refractivity contribution in [2.24, 2.45) is 0 Å². The molecule has 0 spiro atoms. The predicted octanol–water partition coefficient (Wildman–Crippen LogP) is 3.49. The van der Waals surface area contributed by atoms with Crippen LogP contribution in [0.5, 0.6) is 0 Å². The molecule has 0 fully saturated rings. The highest BCUT2D eigenvalue weighted by molar-refractivity contribution is 7.92. The van der Waals surface area contributed by atoms with Crippen LogP contribution in [0.25, 0.3) is 0 Å². The standard InChI is InChI=1S/C15H15FN2O4S/c1-2-3-11-4-7-13(8-5-11)23(21,22)17-12-6-9-14(16)15(10-12)18(19)20/h4-10,17H,2-3H2,1H3. The Morgan fingerprint density at radius 3 is 2.39 bits per heavy atom. The minimum absolute atomic E-state index is 0.0318. The van der Waals surface area contributed by atoms with Crippen molar-refractivity contribution < 1.29 is 17.7 Å². The molecule has 2 rings (SSSR count). The van der Waals surface area contributed by atoms with E-state index in [0.29, 0.717) is 0 Å². The number of nitro groups is 1. The number of hydrogen-bond donors (Lipinski definition) is 1. The lowest BCUT2D eigenvalue weighted by molar-refractivity contribution is -0.387. The number of anilines is 1. The normalized spacial score (nSPS) is 11.2. The summed E-state index contributed by atoms with van der Waals surface area (Å²) in [5.41, 5.74) is 0.156. The van der Waals surface area contributed by atoms with Gasteiger partial charge in [-0.15, -0.1) is 0 Å². The topological polar surface area (TPSA) is 89.3 Å². The van der Waals surface area contributed by atoms with Crippen LogP contribution >= 0.6 is 0 Å².